The van der Waals surface area contributed by atoms with Gasteiger partial charge in [0.25, 0.3) is 0 Å². The van der Waals surface area contributed by atoms with Gasteiger partial charge in [-0.3, -0.25) is 4.79 Å². The maximum atomic E-state index is 12.5. The first-order valence-corrected chi connectivity index (χ1v) is 12.7. The van der Waals surface area contributed by atoms with Crippen LogP contribution in [0.15, 0.2) is 63.8 Å². The van der Waals surface area contributed by atoms with Crippen LogP contribution < -0.4 is 16.1 Å². The monoisotopic (exact) mass is 532 g/mol. The molecule has 2 aliphatic heterocycles. The molecule has 1 saturated heterocycles. The standard InChI is InChI=1S/C29H28N2O6S/c1-15-4-7-20-24(10-15)37-25-13-18(32)6-9-21(25)27(20)19-8-5-17(12-22(19)28(33)34)30-29(38)31-23-11-16(2)36-26(23)14-35-3/h4-9,12-13,16,23,26H,1,10-11,14H2,2-3H3,(H,33,34)(H2,30,31,38)/t16-,23?,26+/m0/s1. The molecule has 1 aromatic carbocycles. The van der Waals surface area contributed by atoms with Crippen LogP contribution in [0.2, 0.25) is 0 Å². The molecule has 38 heavy (non-hydrogen) atoms. The summed E-state index contributed by atoms with van der Waals surface area (Å²) in [5, 5.41) is 16.9. The predicted molar refractivity (Wildman–Crippen MR) is 150 cm³/mol. The number of methoxy groups -OCH3 is 1. The van der Waals surface area contributed by atoms with Crippen molar-refractivity contribution in [2.24, 2.45) is 0 Å². The molecule has 9 heteroatoms. The zero-order valence-corrected chi connectivity index (χ0v) is 21.9. The molecule has 196 valence electrons. The van der Waals surface area contributed by atoms with Gasteiger partial charge in [0.1, 0.15) is 17.6 Å². The van der Waals surface area contributed by atoms with Crippen molar-refractivity contribution in [2.75, 3.05) is 19.0 Å². The molecular weight excluding hydrogens is 504 g/mol. The Morgan fingerprint density at radius 2 is 2.00 bits per heavy atom. The number of carboxylic acid groups (broad SMARTS) is 1. The van der Waals surface area contributed by atoms with E-state index >= 15 is 0 Å². The van der Waals surface area contributed by atoms with Crippen molar-refractivity contribution in [2.45, 2.75) is 38.0 Å². The highest BCUT2D eigenvalue weighted by molar-refractivity contribution is 7.80. The number of anilines is 1. The molecule has 0 amide bonds. The number of nitrogens with one attached hydrogen (secondary N) is 2. The molecule has 0 bridgehead atoms. The van der Waals surface area contributed by atoms with Crippen molar-refractivity contribution in [3.63, 3.8) is 0 Å². The fraction of sp³-hybridized carbons (Fsp3) is 0.276. The van der Waals surface area contributed by atoms with Crippen LogP contribution >= 0.6 is 12.2 Å². The van der Waals surface area contributed by atoms with E-state index in [2.05, 4.69) is 17.2 Å². The lowest BCUT2D eigenvalue weighted by atomic mass is 9.86. The van der Waals surface area contributed by atoms with Crippen LogP contribution in [0.5, 0.6) is 0 Å². The Balaban J connectivity index is 1.51. The second-order valence-electron chi connectivity index (χ2n) is 9.59. The van der Waals surface area contributed by atoms with Gasteiger partial charge in [0.2, 0.25) is 0 Å². The van der Waals surface area contributed by atoms with Gasteiger partial charge >= 0.3 is 5.97 Å². The molecule has 1 aromatic rings. The van der Waals surface area contributed by atoms with E-state index in [-0.39, 0.29) is 29.2 Å². The minimum atomic E-state index is -1.09. The third-order valence-electron chi connectivity index (χ3n) is 6.76. The molecule has 1 unspecified atom stereocenters. The van der Waals surface area contributed by atoms with Crippen LogP contribution in [0.25, 0.3) is 28.5 Å². The van der Waals surface area contributed by atoms with Gasteiger partial charge in [-0.05, 0) is 61.0 Å². The lowest BCUT2D eigenvalue weighted by Crippen LogP contribution is -2.44. The molecule has 5 rings (SSSR count). The van der Waals surface area contributed by atoms with Gasteiger partial charge in [-0.15, -0.1) is 0 Å². The third-order valence-corrected chi connectivity index (χ3v) is 6.98. The van der Waals surface area contributed by atoms with E-state index < -0.39 is 5.97 Å². The van der Waals surface area contributed by atoms with Crippen molar-refractivity contribution in [3.05, 3.63) is 81.7 Å². The summed E-state index contributed by atoms with van der Waals surface area (Å²) >= 11 is 5.52. The Morgan fingerprint density at radius 1 is 1.21 bits per heavy atom. The first kappa shape index (κ1) is 25.8. The molecule has 1 fully saturated rings. The van der Waals surface area contributed by atoms with Gasteiger partial charge in [-0.25, -0.2) is 4.79 Å². The Hall–Kier alpha value is -3.79. The molecule has 3 N–H and O–H groups in total. The largest absolute Gasteiger partial charge is 0.478 e. The number of hydrogen-bond acceptors (Lipinski definition) is 6. The summed E-state index contributed by atoms with van der Waals surface area (Å²) in [6.45, 7) is 6.45. The third kappa shape index (κ3) is 5.13. The number of benzene rings is 2. The molecule has 4 aliphatic rings. The maximum Gasteiger partial charge on any atom is 0.336 e. The van der Waals surface area contributed by atoms with E-state index in [1.54, 1.807) is 31.4 Å². The zero-order valence-electron chi connectivity index (χ0n) is 21.1. The van der Waals surface area contributed by atoms with Crippen LogP contribution in [-0.4, -0.2) is 48.2 Å². The number of aromatic carboxylic acids is 1. The van der Waals surface area contributed by atoms with E-state index in [9.17, 15) is 14.7 Å². The Labute approximate surface area is 225 Å². The molecule has 0 aromatic heterocycles. The second-order valence-corrected chi connectivity index (χ2v) is 10.00. The number of carbonyl (C=O) groups is 1. The van der Waals surface area contributed by atoms with Crippen LogP contribution in [-0.2, 0) is 15.9 Å². The van der Waals surface area contributed by atoms with Crippen molar-refractivity contribution in [3.8, 4) is 22.5 Å². The smallest absolute Gasteiger partial charge is 0.336 e. The van der Waals surface area contributed by atoms with E-state index in [4.69, 9.17) is 26.1 Å². The van der Waals surface area contributed by atoms with Gasteiger partial charge < -0.3 is 29.6 Å². The predicted octanol–water partition coefficient (Wildman–Crippen LogP) is 4.71. The van der Waals surface area contributed by atoms with Crippen molar-refractivity contribution in [1.29, 1.82) is 0 Å². The van der Waals surface area contributed by atoms with Gasteiger partial charge in [-0.2, -0.15) is 0 Å². The van der Waals surface area contributed by atoms with Crippen molar-refractivity contribution >= 4 is 35.1 Å². The highest BCUT2D eigenvalue weighted by Crippen LogP contribution is 2.42. The number of allylic oxidation sites excluding steroid dienone is 2. The van der Waals surface area contributed by atoms with Gasteiger partial charge in [0.05, 0.1) is 24.3 Å². The van der Waals surface area contributed by atoms with Crippen LogP contribution in [0, 0.1) is 0 Å². The normalized spacial score (nSPS) is 20.4. The first-order chi connectivity index (χ1) is 18.2. The molecule has 0 spiro atoms. The van der Waals surface area contributed by atoms with Gasteiger partial charge in [0, 0.05) is 42.0 Å². The highest BCUT2D eigenvalue weighted by atomic mass is 32.1. The van der Waals surface area contributed by atoms with Crippen molar-refractivity contribution in [1.82, 2.24) is 5.32 Å². The Bertz CT molecular complexity index is 1490. The number of fused-ring (bicyclic) bond motifs is 2. The first-order valence-electron chi connectivity index (χ1n) is 12.3. The number of ether oxygens (including phenoxy) is 2. The van der Waals surface area contributed by atoms with Crippen molar-refractivity contribution < 1.29 is 23.8 Å². The summed E-state index contributed by atoms with van der Waals surface area (Å²) < 4.78 is 17.2. The molecule has 3 atom stereocenters. The lowest BCUT2D eigenvalue weighted by Gasteiger charge is -2.23. The minimum Gasteiger partial charge on any atom is -0.478 e. The maximum absolute atomic E-state index is 12.5. The average Bonchev–Trinajstić information content (AvgIpc) is 3.20. The summed E-state index contributed by atoms with van der Waals surface area (Å²) in [4.78, 5) is 24.5. The Kier molecular flexibility index (Phi) is 7.16. The SMILES string of the molecule is C=C1C=Cc2c(oc3cc(=O)ccc-3c2-c2ccc(NC(=S)NC3C[C@H](C)O[C@@H]3COC)cc2C(=O)O)C1. The fourth-order valence-corrected chi connectivity index (χ4v) is 5.38. The number of rotatable bonds is 6. The second kappa shape index (κ2) is 10.5. The summed E-state index contributed by atoms with van der Waals surface area (Å²) in [5.41, 5.74) is 3.91. The van der Waals surface area contributed by atoms with Crippen LogP contribution in [0.3, 0.4) is 0 Å². The molecule has 2 heterocycles. The minimum absolute atomic E-state index is 0.0263. The highest BCUT2D eigenvalue weighted by Gasteiger charge is 2.33. The van der Waals surface area contributed by atoms with E-state index in [0.717, 1.165) is 17.6 Å². The van der Waals surface area contributed by atoms with E-state index in [1.807, 2.05) is 19.1 Å². The molecule has 0 radical (unpaired) electrons. The number of thiocarbonyl (C=S) groups is 1. The quantitative estimate of drug-likeness (QED) is 0.389. The topological polar surface area (TPSA) is 110 Å². The lowest BCUT2D eigenvalue weighted by molar-refractivity contribution is -0.000112. The molecule has 8 nitrogen and oxygen atoms in total. The average molecular weight is 533 g/mol. The number of carboxylic acids is 1. The van der Waals surface area contributed by atoms with Crippen LogP contribution in [0.4, 0.5) is 5.69 Å². The molecular formula is C29H28N2O6S. The summed E-state index contributed by atoms with van der Waals surface area (Å²) in [6.07, 6.45) is 4.96. The van der Waals surface area contributed by atoms with Gasteiger partial charge in [0.15, 0.2) is 10.5 Å². The molecule has 0 saturated carbocycles. The fourth-order valence-electron chi connectivity index (χ4n) is 5.11. The van der Waals surface area contributed by atoms with E-state index in [0.29, 0.717) is 52.0 Å². The van der Waals surface area contributed by atoms with Gasteiger partial charge in [-0.1, -0.05) is 24.8 Å². The Morgan fingerprint density at radius 3 is 2.76 bits per heavy atom. The summed E-state index contributed by atoms with van der Waals surface area (Å²) in [5.74, 6) is -0.0573. The molecule has 2 aliphatic carbocycles. The zero-order chi connectivity index (χ0) is 27.0. The van der Waals surface area contributed by atoms with E-state index in [1.165, 1.54) is 12.1 Å². The van der Waals surface area contributed by atoms with Crippen LogP contribution in [0.1, 0.15) is 35.0 Å². The number of hydrogen-bond donors (Lipinski definition) is 3. The summed E-state index contributed by atoms with van der Waals surface area (Å²) in [7, 11) is 1.63. The summed E-state index contributed by atoms with van der Waals surface area (Å²) in [6, 6.07) is 9.61.